The molecule has 0 fully saturated rings. The molecule has 4 heteroatoms. The van der Waals surface area contributed by atoms with Gasteiger partial charge in [0.15, 0.2) is 11.3 Å². The normalized spacial score (nSPS) is 10.7. The second-order valence-electron chi connectivity index (χ2n) is 2.78. The molecule has 0 saturated heterocycles. The van der Waals surface area contributed by atoms with Gasteiger partial charge in [-0.15, -0.1) is 11.6 Å². The van der Waals surface area contributed by atoms with Crippen LogP contribution >= 0.6 is 11.6 Å². The van der Waals surface area contributed by atoms with Crippen molar-refractivity contribution in [2.45, 2.75) is 0 Å². The van der Waals surface area contributed by atoms with E-state index in [-0.39, 0.29) is 5.82 Å². The Morgan fingerprint density at radius 2 is 2.29 bits per heavy atom. The summed E-state index contributed by atoms with van der Waals surface area (Å²) in [6.45, 7) is 0.334. The van der Waals surface area contributed by atoms with Crippen molar-refractivity contribution in [3.8, 4) is 5.75 Å². The summed E-state index contributed by atoms with van der Waals surface area (Å²) in [4.78, 5) is 0. The average Bonchev–Trinajstić information content (AvgIpc) is 2.61. The molecule has 0 N–H and O–H groups in total. The van der Waals surface area contributed by atoms with Gasteiger partial charge in [-0.2, -0.15) is 0 Å². The molecule has 74 valence electrons. The summed E-state index contributed by atoms with van der Waals surface area (Å²) in [6.07, 6.45) is 1.50. The van der Waals surface area contributed by atoms with Gasteiger partial charge in [-0.1, -0.05) is 0 Å². The maximum atomic E-state index is 13.0. The zero-order valence-corrected chi connectivity index (χ0v) is 8.05. The quantitative estimate of drug-likeness (QED) is 0.733. The molecule has 2 rings (SSSR count). The van der Waals surface area contributed by atoms with Crippen LogP contribution in [0.15, 0.2) is 28.9 Å². The van der Waals surface area contributed by atoms with Gasteiger partial charge in [0.1, 0.15) is 12.4 Å². The van der Waals surface area contributed by atoms with Crippen molar-refractivity contribution in [2.24, 2.45) is 0 Å². The first kappa shape index (κ1) is 9.34. The summed E-state index contributed by atoms with van der Waals surface area (Å²) >= 11 is 5.47. The number of halogens is 2. The van der Waals surface area contributed by atoms with Crippen molar-refractivity contribution < 1.29 is 13.5 Å². The maximum absolute atomic E-state index is 13.0. The third-order valence-corrected chi connectivity index (χ3v) is 1.97. The van der Waals surface area contributed by atoms with E-state index in [9.17, 15) is 4.39 Å². The van der Waals surface area contributed by atoms with Crippen LogP contribution in [-0.2, 0) is 0 Å². The Labute approximate surface area is 85.2 Å². The molecule has 0 amide bonds. The summed E-state index contributed by atoms with van der Waals surface area (Å²) < 4.78 is 23.5. The molecule has 1 heterocycles. The van der Waals surface area contributed by atoms with Crippen LogP contribution in [0.4, 0.5) is 4.39 Å². The number of benzene rings is 1. The van der Waals surface area contributed by atoms with Crippen molar-refractivity contribution in [3.05, 3.63) is 30.3 Å². The van der Waals surface area contributed by atoms with E-state index in [2.05, 4.69) is 0 Å². The smallest absolute Gasteiger partial charge is 0.175 e. The van der Waals surface area contributed by atoms with E-state index in [1.165, 1.54) is 18.4 Å². The summed E-state index contributed by atoms with van der Waals surface area (Å²) in [5.74, 6) is 0.410. The molecule has 14 heavy (non-hydrogen) atoms. The van der Waals surface area contributed by atoms with Crippen LogP contribution in [0, 0.1) is 5.82 Å². The zero-order valence-electron chi connectivity index (χ0n) is 7.30. The van der Waals surface area contributed by atoms with E-state index >= 15 is 0 Å². The van der Waals surface area contributed by atoms with E-state index in [0.29, 0.717) is 29.2 Å². The number of ether oxygens (including phenoxy) is 1. The Morgan fingerprint density at radius 3 is 3.07 bits per heavy atom. The molecule has 0 saturated carbocycles. The van der Waals surface area contributed by atoms with Gasteiger partial charge in [-0.3, -0.25) is 0 Å². The van der Waals surface area contributed by atoms with Crippen LogP contribution in [0.25, 0.3) is 11.0 Å². The maximum Gasteiger partial charge on any atom is 0.175 e. The lowest BCUT2D eigenvalue weighted by Gasteiger charge is -2.04. The molecule has 0 unspecified atom stereocenters. The van der Waals surface area contributed by atoms with Gasteiger partial charge < -0.3 is 9.15 Å². The van der Waals surface area contributed by atoms with Crippen molar-refractivity contribution >= 4 is 22.6 Å². The molecule has 1 aromatic heterocycles. The van der Waals surface area contributed by atoms with Gasteiger partial charge in [-0.25, -0.2) is 4.39 Å². The Balaban J connectivity index is 2.44. The number of alkyl halides is 1. The highest BCUT2D eigenvalue weighted by Gasteiger charge is 2.07. The van der Waals surface area contributed by atoms with Gasteiger partial charge in [0, 0.05) is 11.5 Å². The van der Waals surface area contributed by atoms with Crippen LogP contribution in [0.2, 0.25) is 0 Å². The largest absolute Gasteiger partial charge is 0.488 e. The molecule has 0 bridgehead atoms. The highest BCUT2D eigenvalue weighted by Crippen LogP contribution is 2.27. The number of hydrogen-bond donors (Lipinski definition) is 0. The van der Waals surface area contributed by atoms with E-state index in [1.807, 2.05) is 0 Å². The van der Waals surface area contributed by atoms with Gasteiger partial charge in [0.2, 0.25) is 0 Å². The van der Waals surface area contributed by atoms with Crippen molar-refractivity contribution in [3.63, 3.8) is 0 Å². The number of hydrogen-bond acceptors (Lipinski definition) is 2. The van der Waals surface area contributed by atoms with E-state index in [1.54, 1.807) is 6.07 Å². The molecule has 2 nitrogen and oxygen atoms in total. The lowest BCUT2D eigenvalue weighted by atomic mass is 10.2. The molecule has 0 atom stereocenters. The van der Waals surface area contributed by atoms with Crippen LogP contribution in [0.1, 0.15) is 0 Å². The third kappa shape index (κ3) is 1.68. The summed E-state index contributed by atoms with van der Waals surface area (Å²) in [7, 11) is 0. The van der Waals surface area contributed by atoms with Gasteiger partial charge in [0.25, 0.3) is 0 Å². The molecule has 2 aromatic rings. The predicted octanol–water partition coefficient (Wildman–Crippen LogP) is 3.19. The van der Waals surface area contributed by atoms with Crippen molar-refractivity contribution in [1.82, 2.24) is 0 Å². The molecular formula is C10H8ClFO2. The van der Waals surface area contributed by atoms with Gasteiger partial charge in [0.05, 0.1) is 12.1 Å². The third-order valence-electron chi connectivity index (χ3n) is 1.82. The predicted molar refractivity (Wildman–Crippen MR) is 52.4 cm³/mol. The summed E-state index contributed by atoms with van der Waals surface area (Å²) in [6, 6.07) is 4.37. The first-order valence-corrected chi connectivity index (χ1v) is 4.70. The lowest BCUT2D eigenvalue weighted by molar-refractivity contribution is 0.339. The van der Waals surface area contributed by atoms with Gasteiger partial charge in [-0.05, 0) is 12.1 Å². The van der Waals surface area contributed by atoms with Crippen LogP contribution in [-0.4, -0.2) is 12.5 Å². The molecule has 1 aromatic carbocycles. The molecule has 0 aliphatic carbocycles. The fourth-order valence-corrected chi connectivity index (χ4v) is 1.35. The van der Waals surface area contributed by atoms with E-state index in [0.717, 1.165) is 0 Å². The Morgan fingerprint density at radius 1 is 1.43 bits per heavy atom. The number of furan rings is 1. The average molecular weight is 215 g/mol. The minimum Gasteiger partial charge on any atom is -0.488 e. The second-order valence-corrected chi connectivity index (χ2v) is 3.16. The Hall–Kier alpha value is -1.22. The van der Waals surface area contributed by atoms with Crippen LogP contribution < -0.4 is 4.74 Å². The Kier molecular flexibility index (Phi) is 2.59. The SMILES string of the molecule is Fc1cc(OCCCl)c2occc2c1. The topological polar surface area (TPSA) is 22.4 Å². The minimum absolute atomic E-state index is 0.334. The van der Waals surface area contributed by atoms with Crippen LogP contribution in [0.3, 0.4) is 0 Å². The molecule has 0 aliphatic rings. The fraction of sp³-hybridized carbons (Fsp3) is 0.200. The molecular weight excluding hydrogens is 207 g/mol. The van der Waals surface area contributed by atoms with E-state index < -0.39 is 0 Å². The monoisotopic (exact) mass is 214 g/mol. The lowest BCUT2D eigenvalue weighted by Crippen LogP contribution is -1.98. The molecule has 0 aliphatic heterocycles. The first-order chi connectivity index (χ1) is 6.81. The standard InChI is InChI=1S/C10H8ClFO2/c11-2-4-13-9-6-8(12)5-7-1-3-14-10(7)9/h1,3,5-6H,2,4H2. The highest BCUT2D eigenvalue weighted by atomic mass is 35.5. The first-order valence-electron chi connectivity index (χ1n) is 4.17. The van der Waals surface area contributed by atoms with E-state index in [4.69, 9.17) is 20.8 Å². The van der Waals surface area contributed by atoms with Crippen LogP contribution in [0.5, 0.6) is 5.75 Å². The summed E-state index contributed by atoms with van der Waals surface area (Å²) in [5, 5.41) is 0.689. The number of rotatable bonds is 3. The number of fused-ring (bicyclic) bond motifs is 1. The minimum atomic E-state index is -0.344. The van der Waals surface area contributed by atoms with Gasteiger partial charge >= 0.3 is 0 Å². The highest BCUT2D eigenvalue weighted by molar-refractivity contribution is 6.18. The Bertz CT molecular complexity index is 439. The second kappa shape index (κ2) is 3.88. The molecule has 0 radical (unpaired) electrons. The summed E-state index contributed by atoms with van der Waals surface area (Å²) in [5.41, 5.74) is 0.552. The molecule has 0 spiro atoms. The van der Waals surface area contributed by atoms with Crippen molar-refractivity contribution in [2.75, 3.05) is 12.5 Å². The van der Waals surface area contributed by atoms with Crippen molar-refractivity contribution in [1.29, 1.82) is 0 Å². The fourth-order valence-electron chi connectivity index (χ4n) is 1.27. The zero-order chi connectivity index (χ0) is 9.97.